The molecule has 3 atom stereocenters. The highest BCUT2D eigenvalue weighted by Gasteiger charge is 2.52. The molecule has 0 saturated carbocycles. The van der Waals surface area contributed by atoms with Crippen molar-refractivity contribution in [1.82, 2.24) is 9.55 Å². The highest BCUT2D eigenvalue weighted by molar-refractivity contribution is 7.51. The van der Waals surface area contributed by atoms with Gasteiger partial charge in [0.2, 0.25) is 0 Å². The van der Waals surface area contributed by atoms with Crippen molar-refractivity contribution in [2.45, 2.75) is 25.0 Å². The number of hydrogen-bond acceptors (Lipinski definition) is 7. The molecule has 1 aromatic heterocycles. The number of aryl methyl sites for hydroxylation is 1. The first-order valence-electron chi connectivity index (χ1n) is 6.08. The van der Waals surface area contributed by atoms with E-state index in [2.05, 4.69) is 0 Å². The van der Waals surface area contributed by atoms with Crippen molar-refractivity contribution in [1.29, 1.82) is 0 Å². The first-order chi connectivity index (χ1) is 10.0. The van der Waals surface area contributed by atoms with Crippen LogP contribution in [0.1, 0.15) is 5.56 Å². The van der Waals surface area contributed by atoms with Gasteiger partial charge in [-0.25, -0.2) is 9.36 Å². The Morgan fingerprint density at radius 1 is 1.55 bits per heavy atom. The van der Waals surface area contributed by atoms with Crippen LogP contribution in [-0.4, -0.2) is 54.7 Å². The summed E-state index contributed by atoms with van der Waals surface area (Å²) in [6, 6.07) is 0. The van der Waals surface area contributed by atoms with E-state index in [9.17, 15) is 24.4 Å². The lowest BCUT2D eigenvalue weighted by molar-refractivity contribution is -0.278. The lowest BCUT2D eigenvalue weighted by atomic mass is 10.2. The number of nitrogens with zero attached hydrogens (tertiary/aromatic N) is 1. The Morgan fingerprint density at radius 3 is 2.77 bits per heavy atom. The number of ether oxygens (including phenoxy) is 2. The topological polar surface area (TPSA) is 171 Å². The van der Waals surface area contributed by atoms with Crippen LogP contribution in [0, 0.1) is 6.92 Å². The molecule has 0 amide bonds. The number of aromatic nitrogens is 2. The van der Waals surface area contributed by atoms with Gasteiger partial charge in [-0.05, 0) is 6.92 Å². The number of aliphatic hydroxyl groups is 2. The molecule has 22 heavy (non-hydrogen) atoms. The predicted octanol–water partition coefficient (Wildman–Crippen LogP) is -2.64. The van der Waals surface area contributed by atoms with Crippen LogP contribution in [0.15, 0.2) is 15.8 Å². The van der Waals surface area contributed by atoms with E-state index in [4.69, 9.17) is 19.3 Å². The van der Waals surface area contributed by atoms with Crippen molar-refractivity contribution in [2.75, 3.05) is 13.0 Å². The van der Waals surface area contributed by atoms with Crippen LogP contribution in [-0.2, 0) is 19.9 Å². The molecule has 0 unspecified atom stereocenters. The van der Waals surface area contributed by atoms with Crippen LogP contribution in [0.3, 0.4) is 0 Å². The Morgan fingerprint density at radius 2 is 2.18 bits per heavy atom. The summed E-state index contributed by atoms with van der Waals surface area (Å²) in [6.45, 7) is 0.962. The van der Waals surface area contributed by atoms with Gasteiger partial charge in [0.25, 0.3) is 11.5 Å². The quantitative estimate of drug-likeness (QED) is 0.368. The van der Waals surface area contributed by atoms with Crippen molar-refractivity contribution in [3.05, 3.63) is 32.6 Å². The third kappa shape index (κ3) is 3.20. The summed E-state index contributed by atoms with van der Waals surface area (Å²) in [5, 5.41) is 20.4. The summed E-state index contributed by atoms with van der Waals surface area (Å²) < 4.78 is 21.1. The lowest BCUT2D eigenvalue weighted by Gasteiger charge is -2.28. The van der Waals surface area contributed by atoms with Gasteiger partial charge in [0.1, 0.15) is 12.5 Å². The fraction of sp³-hybridized carbons (Fsp3) is 0.600. The van der Waals surface area contributed by atoms with Gasteiger partial charge in [0, 0.05) is 11.8 Å². The standard InChI is InChI=1S/C10H15N2O9P/c1-5-2-12(9(15)11-8(5)14)10(16)7(13)6(3-21-10)20-4-22(17,18)19/h2,6-7,13,16H,3-4H2,1H3,(H,11,14,15)(H2,17,18,19)/t6-,7+,10-/m1/s1. The molecular weight excluding hydrogens is 323 g/mol. The van der Waals surface area contributed by atoms with E-state index in [1.165, 1.54) is 6.92 Å². The highest BCUT2D eigenvalue weighted by atomic mass is 31.2. The summed E-state index contributed by atoms with van der Waals surface area (Å²) in [6.07, 6.45) is -3.05. The molecule has 1 aliphatic heterocycles. The van der Waals surface area contributed by atoms with Gasteiger partial charge in [-0.15, -0.1) is 0 Å². The second kappa shape index (κ2) is 5.70. The zero-order chi connectivity index (χ0) is 16.7. The number of nitrogens with one attached hydrogen (secondary N) is 1. The second-order valence-corrected chi connectivity index (χ2v) is 6.44. The Bertz CT molecular complexity index is 722. The fourth-order valence-corrected chi connectivity index (χ4v) is 2.36. The fourth-order valence-electron chi connectivity index (χ4n) is 1.97. The van der Waals surface area contributed by atoms with Gasteiger partial charge in [0.15, 0.2) is 6.10 Å². The average Bonchev–Trinajstić information content (AvgIpc) is 2.68. The molecule has 12 heteroatoms. The van der Waals surface area contributed by atoms with Gasteiger partial charge < -0.3 is 29.5 Å². The van der Waals surface area contributed by atoms with E-state index in [0.717, 1.165) is 6.20 Å². The van der Waals surface area contributed by atoms with E-state index >= 15 is 0 Å². The summed E-state index contributed by atoms with van der Waals surface area (Å²) in [7, 11) is -4.47. The van der Waals surface area contributed by atoms with Crippen LogP contribution in [0.2, 0.25) is 0 Å². The zero-order valence-corrected chi connectivity index (χ0v) is 12.3. The number of rotatable bonds is 4. The van der Waals surface area contributed by atoms with E-state index in [-0.39, 0.29) is 5.56 Å². The van der Waals surface area contributed by atoms with Gasteiger partial charge in [0.05, 0.1) is 6.61 Å². The monoisotopic (exact) mass is 338 g/mol. The highest BCUT2D eigenvalue weighted by Crippen LogP contribution is 2.37. The van der Waals surface area contributed by atoms with Crippen molar-refractivity contribution in [2.24, 2.45) is 0 Å². The first kappa shape index (κ1) is 17.0. The molecule has 2 heterocycles. The maximum atomic E-state index is 11.7. The summed E-state index contributed by atoms with van der Waals surface area (Å²) in [5.41, 5.74) is -1.59. The SMILES string of the molecule is Cc1cn([C@]2(O)OC[C@@H](OCP(=O)(O)O)[C@@H]2O)c(=O)[nH]c1=O. The Labute approximate surface area is 122 Å². The summed E-state index contributed by atoms with van der Waals surface area (Å²) in [4.78, 5) is 42.4. The van der Waals surface area contributed by atoms with Crippen LogP contribution in [0.5, 0.6) is 0 Å². The molecule has 124 valence electrons. The molecule has 0 bridgehead atoms. The van der Waals surface area contributed by atoms with E-state index < -0.39 is 49.9 Å². The van der Waals surface area contributed by atoms with E-state index in [0.29, 0.717) is 4.57 Å². The molecule has 0 aromatic carbocycles. The van der Waals surface area contributed by atoms with Crippen LogP contribution in [0.4, 0.5) is 0 Å². The van der Waals surface area contributed by atoms with Gasteiger partial charge >= 0.3 is 13.3 Å². The van der Waals surface area contributed by atoms with Gasteiger partial charge in [-0.2, -0.15) is 0 Å². The van der Waals surface area contributed by atoms with E-state index in [1.54, 1.807) is 0 Å². The molecule has 1 aromatic rings. The van der Waals surface area contributed by atoms with Crippen molar-refractivity contribution >= 4 is 7.60 Å². The molecular formula is C10H15N2O9P. The average molecular weight is 338 g/mol. The molecule has 5 N–H and O–H groups in total. The maximum absolute atomic E-state index is 11.7. The second-order valence-electron chi connectivity index (χ2n) is 4.85. The van der Waals surface area contributed by atoms with Gasteiger partial charge in [-0.1, -0.05) is 0 Å². The molecule has 2 rings (SSSR count). The molecule has 1 aliphatic rings. The molecule has 11 nitrogen and oxygen atoms in total. The molecule has 0 aliphatic carbocycles. The van der Waals surface area contributed by atoms with Crippen LogP contribution in [0.25, 0.3) is 0 Å². The van der Waals surface area contributed by atoms with Crippen LogP contribution >= 0.6 is 7.60 Å². The molecule has 1 fully saturated rings. The Balaban J connectivity index is 2.29. The minimum absolute atomic E-state index is 0.0865. The molecule has 0 radical (unpaired) electrons. The van der Waals surface area contributed by atoms with Gasteiger partial charge in [-0.3, -0.25) is 14.3 Å². The molecule has 0 spiro atoms. The number of hydrogen-bond donors (Lipinski definition) is 5. The first-order valence-corrected chi connectivity index (χ1v) is 7.88. The largest absolute Gasteiger partial charge is 0.382 e. The number of aromatic amines is 1. The van der Waals surface area contributed by atoms with Crippen molar-refractivity contribution in [3.8, 4) is 0 Å². The normalized spacial score (nSPS) is 29.0. The Hall–Kier alpha value is -1.33. The van der Waals surface area contributed by atoms with E-state index in [1.807, 2.05) is 4.98 Å². The summed E-state index contributed by atoms with van der Waals surface area (Å²) >= 11 is 0. The summed E-state index contributed by atoms with van der Waals surface area (Å²) in [5.74, 6) is -2.52. The zero-order valence-electron chi connectivity index (χ0n) is 11.4. The minimum Gasteiger partial charge on any atom is -0.382 e. The predicted molar refractivity (Wildman–Crippen MR) is 70.0 cm³/mol. The Kier molecular flexibility index (Phi) is 4.42. The maximum Gasteiger partial charge on any atom is 0.350 e. The van der Waals surface area contributed by atoms with Crippen LogP contribution < -0.4 is 11.2 Å². The minimum atomic E-state index is -4.47. The smallest absolute Gasteiger partial charge is 0.350 e. The third-order valence-corrected chi connectivity index (χ3v) is 3.61. The third-order valence-electron chi connectivity index (χ3n) is 3.12. The lowest BCUT2D eigenvalue weighted by Crippen LogP contribution is -2.52. The van der Waals surface area contributed by atoms with Crippen molar-refractivity contribution < 1.29 is 34.0 Å². The number of aliphatic hydroxyl groups excluding tert-OH is 1. The van der Waals surface area contributed by atoms with Crippen molar-refractivity contribution in [3.63, 3.8) is 0 Å². The molecule has 1 saturated heterocycles. The number of H-pyrrole nitrogens is 1.